The highest BCUT2D eigenvalue weighted by Crippen LogP contribution is 2.37. The van der Waals surface area contributed by atoms with Crippen LogP contribution in [0.1, 0.15) is 33.9 Å². The Labute approximate surface area is 180 Å². The lowest BCUT2D eigenvalue weighted by atomic mass is 9.80. The molecule has 0 N–H and O–H groups in total. The summed E-state index contributed by atoms with van der Waals surface area (Å²) in [6, 6.07) is 19.1. The summed E-state index contributed by atoms with van der Waals surface area (Å²) in [4.78, 5) is 3.86. The molecule has 0 spiro atoms. The van der Waals surface area contributed by atoms with Crippen molar-refractivity contribution >= 4 is 22.9 Å². The summed E-state index contributed by atoms with van der Waals surface area (Å²) in [6.07, 6.45) is 1.70. The predicted octanol–water partition coefficient (Wildman–Crippen LogP) is 6.26. The maximum absolute atomic E-state index is 14.4. The maximum atomic E-state index is 14.4. The van der Waals surface area contributed by atoms with Crippen molar-refractivity contribution in [2.75, 3.05) is 13.1 Å². The van der Waals surface area contributed by atoms with E-state index >= 15 is 0 Å². The van der Waals surface area contributed by atoms with Gasteiger partial charge in [0.15, 0.2) is 0 Å². The number of rotatable bonds is 6. The van der Waals surface area contributed by atoms with Crippen molar-refractivity contribution in [2.24, 2.45) is 5.92 Å². The fraction of sp³-hybridized carbons (Fsp3) is 0.292. The van der Waals surface area contributed by atoms with Gasteiger partial charge in [0.05, 0.1) is 10.6 Å². The van der Waals surface area contributed by atoms with Crippen LogP contribution in [0.5, 0.6) is 0 Å². The molecule has 1 saturated heterocycles. The molecule has 1 aliphatic rings. The summed E-state index contributed by atoms with van der Waals surface area (Å²) in [5.41, 5.74) is 2.29. The molecule has 2 heterocycles. The minimum Gasteiger partial charge on any atom is -0.298 e. The zero-order valence-electron chi connectivity index (χ0n) is 16.0. The van der Waals surface area contributed by atoms with Gasteiger partial charge < -0.3 is 0 Å². The molecule has 4 rings (SSSR count). The molecule has 2 aromatic carbocycles. The van der Waals surface area contributed by atoms with E-state index in [1.807, 2.05) is 24.3 Å². The number of hydrogen-bond donors (Lipinski definition) is 0. The summed E-state index contributed by atoms with van der Waals surface area (Å²) < 4.78 is 14.4. The molecule has 1 aromatic heterocycles. The van der Waals surface area contributed by atoms with Gasteiger partial charge >= 0.3 is 0 Å². The first-order valence-corrected chi connectivity index (χ1v) is 11.1. The van der Waals surface area contributed by atoms with Crippen LogP contribution in [-0.2, 0) is 13.0 Å². The van der Waals surface area contributed by atoms with Gasteiger partial charge in [0, 0.05) is 18.0 Å². The summed E-state index contributed by atoms with van der Waals surface area (Å²) in [5.74, 6) is 0.412. The molecule has 0 bridgehead atoms. The molecule has 0 amide bonds. The summed E-state index contributed by atoms with van der Waals surface area (Å²) >= 11 is 8.12. The van der Waals surface area contributed by atoms with Crippen LogP contribution in [0.25, 0.3) is 0 Å². The van der Waals surface area contributed by atoms with Crippen molar-refractivity contribution in [3.05, 3.63) is 92.4 Å². The predicted molar refractivity (Wildman–Crippen MR) is 117 cm³/mol. The van der Waals surface area contributed by atoms with Crippen LogP contribution in [0.15, 0.2) is 60.0 Å². The van der Waals surface area contributed by atoms with Gasteiger partial charge in [-0.2, -0.15) is 5.26 Å². The average Bonchev–Trinajstić information content (AvgIpc) is 3.40. The zero-order valence-corrected chi connectivity index (χ0v) is 17.6. The third-order valence-electron chi connectivity index (χ3n) is 5.78. The molecule has 2 atom stereocenters. The second-order valence-corrected chi connectivity index (χ2v) is 9.06. The largest absolute Gasteiger partial charge is 0.298 e. The smallest absolute Gasteiger partial charge is 0.126 e. The highest BCUT2D eigenvalue weighted by molar-refractivity contribution is 7.09. The Morgan fingerprint density at radius 3 is 2.79 bits per heavy atom. The van der Waals surface area contributed by atoms with E-state index in [1.165, 1.54) is 10.9 Å². The SMILES string of the molecule is N#Cc1ccc(C(Cc2ccccc2F)[C@H]2CCN(Cc3cccs3)C2)cc1Cl. The van der Waals surface area contributed by atoms with Crippen LogP contribution in [0, 0.1) is 23.1 Å². The number of halogens is 2. The van der Waals surface area contributed by atoms with E-state index in [0.717, 1.165) is 37.2 Å². The Balaban J connectivity index is 1.59. The average molecular weight is 425 g/mol. The molecule has 3 aromatic rings. The van der Waals surface area contributed by atoms with E-state index in [-0.39, 0.29) is 11.7 Å². The Morgan fingerprint density at radius 1 is 1.21 bits per heavy atom. The van der Waals surface area contributed by atoms with Gasteiger partial charge in [-0.05, 0) is 72.0 Å². The van der Waals surface area contributed by atoms with Crippen LogP contribution in [0.2, 0.25) is 5.02 Å². The number of thiophene rings is 1. The third kappa shape index (κ3) is 4.70. The Kier molecular flexibility index (Phi) is 6.30. The molecule has 0 saturated carbocycles. The first kappa shape index (κ1) is 20.1. The van der Waals surface area contributed by atoms with Crippen molar-refractivity contribution < 1.29 is 4.39 Å². The molecule has 148 valence electrons. The van der Waals surface area contributed by atoms with E-state index in [1.54, 1.807) is 23.5 Å². The molecule has 2 nitrogen and oxygen atoms in total. The lowest BCUT2D eigenvalue weighted by Gasteiger charge is -2.25. The van der Waals surface area contributed by atoms with Gasteiger partial charge in [-0.25, -0.2) is 4.39 Å². The lowest BCUT2D eigenvalue weighted by molar-refractivity contribution is 0.306. The maximum Gasteiger partial charge on any atom is 0.126 e. The number of nitriles is 1. The second kappa shape index (κ2) is 9.09. The summed E-state index contributed by atoms with van der Waals surface area (Å²) in [6.45, 7) is 2.99. The topological polar surface area (TPSA) is 27.0 Å². The van der Waals surface area contributed by atoms with Gasteiger partial charge in [-0.3, -0.25) is 4.90 Å². The molecule has 1 unspecified atom stereocenters. The van der Waals surface area contributed by atoms with E-state index in [2.05, 4.69) is 28.5 Å². The Hall–Kier alpha value is -2.19. The molecule has 29 heavy (non-hydrogen) atoms. The van der Waals surface area contributed by atoms with Crippen LogP contribution >= 0.6 is 22.9 Å². The number of likely N-dealkylation sites (tertiary alicyclic amines) is 1. The van der Waals surface area contributed by atoms with Crippen LogP contribution in [0.4, 0.5) is 4.39 Å². The van der Waals surface area contributed by atoms with Crippen molar-refractivity contribution in [1.29, 1.82) is 5.26 Å². The lowest BCUT2D eigenvalue weighted by Crippen LogP contribution is -2.23. The normalized spacial score (nSPS) is 17.9. The van der Waals surface area contributed by atoms with E-state index in [4.69, 9.17) is 11.6 Å². The first-order valence-electron chi connectivity index (χ1n) is 9.81. The van der Waals surface area contributed by atoms with E-state index < -0.39 is 0 Å². The molecular formula is C24H22ClFN2S. The number of nitrogens with zero attached hydrogens (tertiary/aromatic N) is 2. The Bertz CT molecular complexity index is 1010. The molecule has 1 aliphatic heterocycles. The molecular weight excluding hydrogens is 403 g/mol. The van der Waals surface area contributed by atoms with Crippen molar-refractivity contribution in [2.45, 2.75) is 25.3 Å². The molecule has 0 aliphatic carbocycles. The van der Waals surface area contributed by atoms with Gasteiger partial charge in [-0.1, -0.05) is 41.9 Å². The monoisotopic (exact) mass is 424 g/mol. The highest BCUT2D eigenvalue weighted by Gasteiger charge is 2.31. The summed E-state index contributed by atoms with van der Waals surface area (Å²) in [7, 11) is 0. The van der Waals surface area contributed by atoms with E-state index in [9.17, 15) is 9.65 Å². The van der Waals surface area contributed by atoms with Crippen molar-refractivity contribution in [3.63, 3.8) is 0 Å². The minimum absolute atomic E-state index is 0.158. The highest BCUT2D eigenvalue weighted by atomic mass is 35.5. The van der Waals surface area contributed by atoms with Gasteiger partial charge in [0.2, 0.25) is 0 Å². The zero-order chi connectivity index (χ0) is 20.2. The molecule has 5 heteroatoms. The fourth-order valence-corrected chi connectivity index (χ4v) is 5.25. The van der Waals surface area contributed by atoms with Crippen molar-refractivity contribution in [1.82, 2.24) is 4.90 Å². The third-order valence-corrected chi connectivity index (χ3v) is 6.95. The van der Waals surface area contributed by atoms with Gasteiger partial charge in [0.25, 0.3) is 0 Å². The van der Waals surface area contributed by atoms with Gasteiger partial charge in [-0.15, -0.1) is 11.3 Å². The van der Waals surface area contributed by atoms with Crippen molar-refractivity contribution in [3.8, 4) is 6.07 Å². The second-order valence-electron chi connectivity index (χ2n) is 7.62. The molecule has 1 fully saturated rings. The standard InChI is InChI=1S/C24H22ClFN2S/c25-23-13-17(7-8-19(23)14-27)22(12-18-4-1-2-6-24(18)26)20-9-10-28(15-20)16-21-5-3-11-29-21/h1-8,11,13,20,22H,9-10,12,15-16H2/t20-,22?/m0/s1. The number of hydrogen-bond acceptors (Lipinski definition) is 3. The summed E-state index contributed by atoms with van der Waals surface area (Å²) in [5, 5.41) is 11.8. The first-order chi connectivity index (χ1) is 14.1. The van der Waals surface area contributed by atoms with Crippen LogP contribution in [0.3, 0.4) is 0 Å². The fourth-order valence-electron chi connectivity index (χ4n) is 4.27. The quantitative estimate of drug-likeness (QED) is 0.466. The number of benzene rings is 2. The Morgan fingerprint density at radius 2 is 2.07 bits per heavy atom. The van der Waals surface area contributed by atoms with Gasteiger partial charge in [0.1, 0.15) is 11.9 Å². The van der Waals surface area contributed by atoms with E-state index in [0.29, 0.717) is 22.9 Å². The van der Waals surface area contributed by atoms with Crippen LogP contribution in [-0.4, -0.2) is 18.0 Å². The van der Waals surface area contributed by atoms with Crippen LogP contribution < -0.4 is 0 Å². The molecule has 0 radical (unpaired) electrons. The minimum atomic E-state index is -0.161.